The zero-order chi connectivity index (χ0) is 17.7. The first-order chi connectivity index (χ1) is 12.7. The van der Waals surface area contributed by atoms with Gasteiger partial charge in [0.2, 0.25) is 0 Å². The van der Waals surface area contributed by atoms with Crippen LogP contribution in [0.1, 0.15) is 48.2 Å². The van der Waals surface area contributed by atoms with Gasteiger partial charge in [0.25, 0.3) is 11.5 Å². The van der Waals surface area contributed by atoms with Crippen LogP contribution in [-0.2, 0) is 0 Å². The molecule has 1 amide bonds. The Hall–Kier alpha value is -2.21. The average Bonchev–Trinajstić information content (AvgIpc) is 3.11. The third-order valence-electron chi connectivity index (χ3n) is 5.93. The van der Waals surface area contributed by atoms with Crippen molar-refractivity contribution in [3.05, 3.63) is 45.7 Å². The maximum Gasteiger partial charge on any atom is 0.266 e. The highest BCUT2D eigenvalue weighted by molar-refractivity contribution is 7.20. The number of hydrogen-bond acceptors (Lipinski definition) is 4. The minimum absolute atomic E-state index is 0.0815. The molecule has 134 valence electrons. The van der Waals surface area contributed by atoms with E-state index in [2.05, 4.69) is 9.88 Å². The number of carbonyl (C=O) groups excluding carboxylic acids is 1. The summed E-state index contributed by atoms with van der Waals surface area (Å²) in [5.41, 5.74) is 0.520. The molecular formula is C20H21N3O2S. The maximum atomic E-state index is 13.2. The second-order valence-electron chi connectivity index (χ2n) is 7.43. The van der Waals surface area contributed by atoms with Crippen LogP contribution in [0.15, 0.2) is 35.3 Å². The Kier molecular flexibility index (Phi) is 3.81. The van der Waals surface area contributed by atoms with Crippen molar-refractivity contribution in [1.82, 2.24) is 14.3 Å². The van der Waals surface area contributed by atoms with E-state index in [0.29, 0.717) is 32.7 Å². The van der Waals surface area contributed by atoms with Gasteiger partial charge in [-0.1, -0.05) is 18.9 Å². The van der Waals surface area contributed by atoms with E-state index in [1.165, 1.54) is 37.0 Å². The molecule has 0 radical (unpaired) electrons. The SMILES string of the molecule is O=C(c1cc2c(=O)n3ccccc3nc2s1)N1CCC[C@@H]2CCCC[C@H]21. The summed E-state index contributed by atoms with van der Waals surface area (Å²) in [4.78, 5) is 33.9. The smallest absolute Gasteiger partial charge is 0.266 e. The van der Waals surface area contributed by atoms with Crippen LogP contribution in [0, 0.1) is 5.92 Å². The van der Waals surface area contributed by atoms with Crippen molar-refractivity contribution in [2.75, 3.05) is 6.54 Å². The Morgan fingerprint density at radius 3 is 2.92 bits per heavy atom. The fourth-order valence-electron chi connectivity index (χ4n) is 4.67. The van der Waals surface area contributed by atoms with E-state index in [0.717, 1.165) is 19.4 Å². The summed E-state index contributed by atoms with van der Waals surface area (Å²) in [7, 11) is 0. The molecule has 0 aromatic carbocycles. The lowest BCUT2D eigenvalue weighted by Crippen LogP contribution is -2.49. The highest BCUT2D eigenvalue weighted by atomic mass is 32.1. The summed E-state index contributed by atoms with van der Waals surface area (Å²) in [6, 6.07) is 7.63. The van der Waals surface area contributed by atoms with Crippen LogP contribution in [0.4, 0.5) is 0 Å². The number of thiophene rings is 1. The van der Waals surface area contributed by atoms with Gasteiger partial charge in [0, 0.05) is 18.8 Å². The minimum atomic E-state index is -0.102. The molecular weight excluding hydrogens is 346 g/mol. The lowest BCUT2D eigenvalue weighted by molar-refractivity contribution is 0.0395. The Bertz CT molecular complexity index is 1050. The summed E-state index contributed by atoms with van der Waals surface area (Å²) in [5.74, 6) is 0.736. The van der Waals surface area contributed by atoms with Crippen molar-refractivity contribution in [2.45, 2.75) is 44.6 Å². The molecule has 1 saturated carbocycles. The zero-order valence-corrected chi connectivity index (χ0v) is 15.4. The van der Waals surface area contributed by atoms with Crippen molar-refractivity contribution in [3.8, 4) is 0 Å². The van der Waals surface area contributed by atoms with Crippen molar-refractivity contribution in [3.63, 3.8) is 0 Å². The Labute approximate surface area is 155 Å². The van der Waals surface area contributed by atoms with Gasteiger partial charge in [-0.2, -0.15) is 0 Å². The molecule has 0 bridgehead atoms. The molecule has 5 nitrogen and oxygen atoms in total. The second-order valence-corrected chi connectivity index (χ2v) is 8.46. The number of aromatic nitrogens is 2. The number of hydrogen-bond donors (Lipinski definition) is 0. The Morgan fingerprint density at radius 2 is 2.00 bits per heavy atom. The van der Waals surface area contributed by atoms with Crippen LogP contribution in [-0.4, -0.2) is 32.8 Å². The molecule has 1 aliphatic carbocycles. The summed E-state index contributed by atoms with van der Waals surface area (Å²) < 4.78 is 1.54. The molecule has 26 heavy (non-hydrogen) atoms. The van der Waals surface area contributed by atoms with Crippen LogP contribution in [0.3, 0.4) is 0 Å². The lowest BCUT2D eigenvalue weighted by atomic mass is 9.78. The molecule has 5 rings (SSSR count). The molecule has 1 aliphatic heterocycles. The van der Waals surface area contributed by atoms with Gasteiger partial charge in [0.05, 0.1) is 10.3 Å². The van der Waals surface area contributed by atoms with Gasteiger partial charge in [0.15, 0.2) is 0 Å². The minimum Gasteiger partial charge on any atom is -0.335 e. The monoisotopic (exact) mass is 367 g/mol. The van der Waals surface area contributed by atoms with Gasteiger partial charge >= 0.3 is 0 Å². The van der Waals surface area contributed by atoms with Gasteiger partial charge in [-0.25, -0.2) is 4.98 Å². The number of pyridine rings is 1. The predicted molar refractivity (Wildman–Crippen MR) is 103 cm³/mol. The fraction of sp³-hybridized carbons (Fsp3) is 0.450. The first-order valence-electron chi connectivity index (χ1n) is 9.44. The first kappa shape index (κ1) is 16.0. The molecule has 6 heteroatoms. The van der Waals surface area contributed by atoms with Gasteiger partial charge < -0.3 is 4.90 Å². The molecule has 0 spiro atoms. The van der Waals surface area contributed by atoms with Crippen LogP contribution in [0.2, 0.25) is 0 Å². The summed E-state index contributed by atoms with van der Waals surface area (Å²) >= 11 is 1.35. The molecule has 3 aromatic heterocycles. The van der Waals surface area contributed by atoms with Gasteiger partial charge in [-0.05, 0) is 49.8 Å². The number of piperidine rings is 1. The van der Waals surface area contributed by atoms with Crippen LogP contribution in [0.25, 0.3) is 15.9 Å². The number of rotatable bonds is 1. The van der Waals surface area contributed by atoms with E-state index in [1.807, 2.05) is 18.2 Å². The van der Waals surface area contributed by atoms with Gasteiger partial charge in [-0.3, -0.25) is 14.0 Å². The van der Waals surface area contributed by atoms with Gasteiger partial charge in [-0.15, -0.1) is 11.3 Å². The molecule has 0 unspecified atom stereocenters. The van der Waals surface area contributed by atoms with Gasteiger partial charge in [0.1, 0.15) is 10.5 Å². The predicted octanol–water partition coefficient (Wildman–Crippen LogP) is 3.70. The highest BCUT2D eigenvalue weighted by Crippen LogP contribution is 2.36. The number of amides is 1. The van der Waals surface area contributed by atoms with Crippen molar-refractivity contribution >= 4 is 33.1 Å². The average molecular weight is 367 g/mol. The molecule has 2 aliphatic rings. The maximum absolute atomic E-state index is 13.2. The van der Waals surface area contributed by atoms with Crippen molar-refractivity contribution < 1.29 is 4.79 Å². The summed E-state index contributed by atoms with van der Waals surface area (Å²) in [5, 5.41) is 0.541. The normalized spacial score (nSPS) is 23.3. The van der Waals surface area contributed by atoms with Crippen molar-refractivity contribution in [2.24, 2.45) is 5.92 Å². The quantitative estimate of drug-likeness (QED) is 0.659. The number of likely N-dealkylation sites (tertiary alicyclic amines) is 1. The van der Waals surface area contributed by atoms with E-state index in [4.69, 9.17) is 0 Å². The Morgan fingerprint density at radius 1 is 1.15 bits per heavy atom. The standard InChI is InChI=1S/C20H21N3O2S/c24-19-14-12-16(26-18(14)21-17-9-3-4-10-23(17)19)20(25)22-11-5-7-13-6-1-2-8-15(13)22/h3-4,9-10,12-13,15H,1-2,5-8,11H2/t13-,15+/m0/s1. The third-order valence-corrected chi connectivity index (χ3v) is 6.95. The van der Waals surface area contributed by atoms with E-state index in [9.17, 15) is 9.59 Å². The fourth-order valence-corrected chi connectivity index (χ4v) is 5.66. The highest BCUT2D eigenvalue weighted by Gasteiger charge is 2.36. The molecule has 0 N–H and O–H groups in total. The number of nitrogens with zero attached hydrogens (tertiary/aromatic N) is 3. The van der Waals surface area contributed by atoms with E-state index < -0.39 is 0 Å². The summed E-state index contributed by atoms with van der Waals surface area (Å²) in [6.07, 6.45) is 8.92. The van der Waals surface area contributed by atoms with E-state index in [1.54, 1.807) is 16.7 Å². The van der Waals surface area contributed by atoms with Crippen LogP contribution >= 0.6 is 11.3 Å². The van der Waals surface area contributed by atoms with Crippen LogP contribution in [0.5, 0.6) is 0 Å². The van der Waals surface area contributed by atoms with Crippen molar-refractivity contribution in [1.29, 1.82) is 0 Å². The first-order valence-corrected chi connectivity index (χ1v) is 10.3. The number of carbonyl (C=O) groups is 1. The topological polar surface area (TPSA) is 54.7 Å². The summed E-state index contributed by atoms with van der Waals surface area (Å²) in [6.45, 7) is 0.836. The second kappa shape index (κ2) is 6.20. The zero-order valence-electron chi connectivity index (χ0n) is 14.6. The van der Waals surface area contributed by atoms with E-state index in [-0.39, 0.29) is 11.5 Å². The molecule has 2 fully saturated rings. The van der Waals surface area contributed by atoms with E-state index >= 15 is 0 Å². The lowest BCUT2D eigenvalue weighted by Gasteiger charge is -2.44. The third kappa shape index (κ3) is 2.47. The van der Waals surface area contributed by atoms with Crippen LogP contribution < -0.4 is 5.56 Å². The molecule has 1 saturated heterocycles. The molecule has 2 atom stereocenters. The largest absolute Gasteiger partial charge is 0.335 e. The molecule has 4 heterocycles. The number of fused-ring (bicyclic) bond motifs is 3. The Balaban J connectivity index is 1.56. The molecule has 3 aromatic rings.